The van der Waals surface area contributed by atoms with E-state index in [9.17, 15) is 9.59 Å². The van der Waals surface area contributed by atoms with Gasteiger partial charge in [-0.1, -0.05) is 54.6 Å². The van der Waals surface area contributed by atoms with Crippen molar-refractivity contribution in [2.45, 2.75) is 37.8 Å². The molecule has 3 fully saturated rings. The van der Waals surface area contributed by atoms with Crippen LogP contribution in [0.3, 0.4) is 0 Å². The van der Waals surface area contributed by atoms with Crippen LogP contribution in [0.2, 0.25) is 0 Å². The number of carbonyl (C=O) groups excluding carboxylic acids is 2. The number of ketones is 1. The Morgan fingerprint density at radius 3 is 2.28 bits per heavy atom. The van der Waals surface area contributed by atoms with E-state index in [-0.39, 0.29) is 36.5 Å². The first-order chi connectivity index (χ1) is 15.7. The fourth-order valence-electron chi connectivity index (χ4n) is 4.91. The lowest BCUT2D eigenvalue weighted by molar-refractivity contribution is -0.0756. The van der Waals surface area contributed by atoms with E-state index in [1.165, 1.54) is 0 Å². The number of hydrogen-bond acceptors (Lipinski definition) is 6. The molecule has 2 atom stereocenters. The maximum atomic E-state index is 13.5. The molecule has 7 nitrogen and oxygen atoms in total. The van der Waals surface area contributed by atoms with E-state index in [1.54, 1.807) is 4.90 Å². The van der Waals surface area contributed by atoms with Gasteiger partial charge in [0.15, 0.2) is 12.1 Å². The van der Waals surface area contributed by atoms with Crippen LogP contribution < -0.4 is 0 Å². The highest BCUT2D eigenvalue weighted by Gasteiger charge is 2.45. The van der Waals surface area contributed by atoms with E-state index in [1.807, 2.05) is 54.6 Å². The Balaban J connectivity index is 1.28. The third-order valence-corrected chi connectivity index (χ3v) is 6.41. The predicted octanol–water partition coefficient (Wildman–Crippen LogP) is 3.73. The minimum absolute atomic E-state index is 0.0777. The summed E-state index contributed by atoms with van der Waals surface area (Å²) in [4.78, 5) is 28.2. The second kappa shape index (κ2) is 9.40. The average molecular weight is 437 g/mol. The van der Waals surface area contributed by atoms with Gasteiger partial charge in [0, 0.05) is 17.0 Å². The van der Waals surface area contributed by atoms with Gasteiger partial charge < -0.3 is 18.9 Å². The molecule has 32 heavy (non-hydrogen) atoms. The molecule has 0 saturated carbocycles. The van der Waals surface area contributed by atoms with E-state index in [2.05, 4.69) is 0 Å². The van der Waals surface area contributed by atoms with Crippen molar-refractivity contribution in [3.05, 3.63) is 71.3 Å². The van der Waals surface area contributed by atoms with Gasteiger partial charge in [-0.2, -0.15) is 0 Å². The van der Waals surface area contributed by atoms with Crippen LogP contribution in [0.5, 0.6) is 0 Å². The Bertz CT molecular complexity index is 944. The molecule has 3 heterocycles. The molecule has 0 aromatic heterocycles. The largest absolute Gasteiger partial charge is 0.445 e. The van der Waals surface area contributed by atoms with Crippen molar-refractivity contribution in [3.63, 3.8) is 0 Å². The number of rotatable bonds is 5. The molecule has 3 saturated heterocycles. The third-order valence-electron chi connectivity index (χ3n) is 6.41. The van der Waals surface area contributed by atoms with E-state index >= 15 is 0 Å². The molecule has 2 aromatic rings. The number of morpholine rings is 1. The summed E-state index contributed by atoms with van der Waals surface area (Å²) >= 11 is 0. The molecule has 2 unspecified atom stereocenters. The van der Waals surface area contributed by atoms with E-state index < -0.39 is 6.29 Å². The number of ether oxygens (including phenoxy) is 4. The number of piperidine rings is 1. The lowest BCUT2D eigenvalue weighted by Crippen LogP contribution is -2.60. The zero-order valence-electron chi connectivity index (χ0n) is 17.9. The molecule has 0 N–H and O–H groups in total. The smallest absolute Gasteiger partial charge is 0.410 e. The Hall–Kier alpha value is -2.74. The van der Waals surface area contributed by atoms with Gasteiger partial charge in [-0.05, 0) is 18.4 Å². The quantitative estimate of drug-likeness (QED) is 0.664. The van der Waals surface area contributed by atoms with Crippen molar-refractivity contribution in [3.8, 4) is 0 Å². The molecule has 168 valence electrons. The van der Waals surface area contributed by atoms with Crippen molar-refractivity contribution in [2.75, 3.05) is 26.4 Å². The number of Topliss-reactive ketones (excluding diaryl/α,β-unsaturated/α-hetero) is 1. The summed E-state index contributed by atoms with van der Waals surface area (Å²) in [6, 6.07) is 16.8. The first-order valence-corrected chi connectivity index (χ1v) is 11.1. The molecule has 0 radical (unpaired) electrons. The van der Waals surface area contributed by atoms with Gasteiger partial charge >= 0.3 is 6.09 Å². The maximum Gasteiger partial charge on any atom is 0.410 e. The lowest BCUT2D eigenvalue weighted by Gasteiger charge is -2.47. The number of nitrogens with zero attached hydrogens (tertiary/aromatic N) is 1. The molecule has 2 bridgehead atoms. The van der Waals surface area contributed by atoms with Crippen molar-refractivity contribution < 1.29 is 28.5 Å². The fourth-order valence-corrected chi connectivity index (χ4v) is 4.91. The summed E-state index contributed by atoms with van der Waals surface area (Å²) in [5, 5.41) is 0. The van der Waals surface area contributed by atoms with Crippen LogP contribution in [0, 0.1) is 5.92 Å². The van der Waals surface area contributed by atoms with Gasteiger partial charge in [0.2, 0.25) is 0 Å². The molecule has 5 rings (SSSR count). The highest BCUT2D eigenvalue weighted by atomic mass is 16.7. The van der Waals surface area contributed by atoms with Crippen molar-refractivity contribution in [2.24, 2.45) is 5.92 Å². The van der Waals surface area contributed by atoms with Gasteiger partial charge in [0.25, 0.3) is 0 Å². The normalized spacial score (nSPS) is 25.5. The molecule has 0 aliphatic carbocycles. The number of hydrogen-bond donors (Lipinski definition) is 0. The number of fused-ring (bicyclic) bond motifs is 2. The van der Waals surface area contributed by atoms with Gasteiger partial charge in [-0.3, -0.25) is 9.69 Å². The Kier molecular flexibility index (Phi) is 6.21. The van der Waals surface area contributed by atoms with Crippen molar-refractivity contribution in [1.29, 1.82) is 0 Å². The van der Waals surface area contributed by atoms with Crippen LogP contribution >= 0.6 is 0 Å². The molecule has 2 aromatic carbocycles. The Morgan fingerprint density at radius 2 is 1.56 bits per heavy atom. The summed E-state index contributed by atoms with van der Waals surface area (Å²) in [6.07, 6.45) is 0.268. The summed E-state index contributed by atoms with van der Waals surface area (Å²) in [5.74, 6) is -0.108. The standard InChI is InChI=1S/C25H27NO6/c27-23(21-8-4-5-9-22(21)24-30-10-11-31-24)18-12-19-15-29-16-20(13-18)26(19)25(28)32-14-17-6-2-1-3-7-17/h1-9,18-20,24H,10-16H2. The number of benzene rings is 2. The van der Waals surface area contributed by atoms with Crippen LogP contribution in [0.4, 0.5) is 4.79 Å². The Labute approximate surface area is 187 Å². The highest BCUT2D eigenvalue weighted by Crippen LogP contribution is 2.36. The minimum atomic E-state index is -0.494. The SMILES string of the molecule is O=C(c1ccccc1C1OCCO1)C1CC2COCC(C1)N2C(=O)OCc1ccccc1. The van der Waals surface area contributed by atoms with E-state index in [0.29, 0.717) is 44.8 Å². The van der Waals surface area contributed by atoms with Crippen LogP contribution in [-0.4, -0.2) is 55.3 Å². The minimum Gasteiger partial charge on any atom is -0.445 e. The fraction of sp³-hybridized carbons (Fsp3) is 0.440. The summed E-state index contributed by atoms with van der Waals surface area (Å²) < 4.78 is 22.6. The molecule has 1 amide bonds. The summed E-state index contributed by atoms with van der Waals surface area (Å²) in [5.41, 5.74) is 2.37. The van der Waals surface area contributed by atoms with Crippen LogP contribution in [0.15, 0.2) is 54.6 Å². The van der Waals surface area contributed by atoms with Gasteiger partial charge in [-0.25, -0.2) is 4.79 Å². The zero-order valence-corrected chi connectivity index (χ0v) is 17.9. The third kappa shape index (κ3) is 4.28. The molecule has 0 spiro atoms. The van der Waals surface area contributed by atoms with Crippen molar-refractivity contribution >= 4 is 11.9 Å². The van der Waals surface area contributed by atoms with Crippen LogP contribution in [0.25, 0.3) is 0 Å². The molecule has 3 aliphatic heterocycles. The van der Waals surface area contributed by atoms with Gasteiger partial charge in [0.05, 0.1) is 38.5 Å². The van der Waals surface area contributed by atoms with E-state index in [0.717, 1.165) is 11.1 Å². The van der Waals surface area contributed by atoms with Gasteiger partial charge in [-0.15, -0.1) is 0 Å². The van der Waals surface area contributed by atoms with Gasteiger partial charge in [0.1, 0.15) is 6.61 Å². The van der Waals surface area contributed by atoms with Crippen LogP contribution in [-0.2, 0) is 25.6 Å². The lowest BCUT2D eigenvalue weighted by atomic mass is 9.80. The average Bonchev–Trinajstić information content (AvgIpc) is 3.37. The molecular weight excluding hydrogens is 410 g/mol. The first kappa shape index (κ1) is 21.1. The first-order valence-electron chi connectivity index (χ1n) is 11.1. The monoisotopic (exact) mass is 437 g/mol. The van der Waals surface area contributed by atoms with E-state index in [4.69, 9.17) is 18.9 Å². The molecule has 7 heteroatoms. The Morgan fingerprint density at radius 1 is 0.906 bits per heavy atom. The topological polar surface area (TPSA) is 74.3 Å². The van der Waals surface area contributed by atoms with Crippen LogP contribution in [0.1, 0.15) is 40.6 Å². The second-order valence-corrected chi connectivity index (χ2v) is 8.49. The zero-order chi connectivity index (χ0) is 21.9. The highest BCUT2D eigenvalue weighted by molar-refractivity contribution is 5.99. The summed E-state index contributed by atoms with van der Waals surface area (Å²) in [6.45, 7) is 2.11. The predicted molar refractivity (Wildman–Crippen MR) is 115 cm³/mol. The summed E-state index contributed by atoms with van der Waals surface area (Å²) in [7, 11) is 0. The molecular formula is C25H27NO6. The molecule has 3 aliphatic rings. The van der Waals surface area contributed by atoms with Crippen molar-refractivity contribution in [1.82, 2.24) is 4.90 Å². The second-order valence-electron chi connectivity index (χ2n) is 8.49. The number of carbonyl (C=O) groups is 2. The number of amides is 1. The maximum absolute atomic E-state index is 13.5.